The van der Waals surface area contributed by atoms with Crippen LogP contribution in [0.2, 0.25) is 0 Å². The van der Waals surface area contributed by atoms with Crippen molar-refractivity contribution in [3.63, 3.8) is 0 Å². The second-order valence-electron chi connectivity index (χ2n) is 5.12. The highest BCUT2D eigenvalue weighted by Gasteiger charge is 2.18. The Kier molecular flexibility index (Phi) is 5.83. The number of benzene rings is 1. The Morgan fingerprint density at radius 3 is 2.52 bits per heavy atom. The molecule has 0 fully saturated rings. The van der Waals surface area contributed by atoms with Gasteiger partial charge < -0.3 is 10.1 Å². The summed E-state index contributed by atoms with van der Waals surface area (Å²) in [6.45, 7) is 7.54. The third kappa shape index (κ3) is 3.66. The van der Waals surface area contributed by atoms with Gasteiger partial charge in [0.25, 0.3) is 0 Å². The standard InChI is InChI=1S/C18H25NOS/c1-5-13-8-9-14(6-2)16(10-13)18(19-7-3)17-11-15(20-4)12-21-17/h8-12,18-19H,5-7H2,1-4H3. The SMILES string of the molecule is CCNC(c1cc(OC)cs1)c1cc(CC)ccc1CC. The number of hydrogen-bond acceptors (Lipinski definition) is 3. The minimum Gasteiger partial charge on any atom is -0.496 e. The first kappa shape index (κ1) is 16.1. The molecule has 0 saturated heterocycles. The van der Waals surface area contributed by atoms with Gasteiger partial charge in [-0.1, -0.05) is 39.0 Å². The van der Waals surface area contributed by atoms with Gasteiger partial charge in [-0.05, 0) is 42.1 Å². The monoisotopic (exact) mass is 303 g/mol. The zero-order valence-corrected chi connectivity index (χ0v) is 14.2. The summed E-state index contributed by atoms with van der Waals surface area (Å²) in [6, 6.07) is 9.29. The van der Waals surface area contributed by atoms with Gasteiger partial charge in [0.1, 0.15) is 5.75 Å². The van der Waals surface area contributed by atoms with Gasteiger partial charge in [-0.15, -0.1) is 11.3 Å². The van der Waals surface area contributed by atoms with Crippen LogP contribution in [0.15, 0.2) is 29.6 Å². The summed E-state index contributed by atoms with van der Waals surface area (Å²) >= 11 is 1.76. The van der Waals surface area contributed by atoms with E-state index in [9.17, 15) is 0 Å². The molecule has 3 heteroatoms. The molecule has 0 bridgehead atoms. The van der Waals surface area contributed by atoms with Crippen molar-refractivity contribution in [2.24, 2.45) is 0 Å². The van der Waals surface area contributed by atoms with Crippen LogP contribution in [0, 0.1) is 0 Å². The Hall–Kier alpha value is -1.32. The van der Waals surface area contributed by atoms with Crippen molar-refractivity contribution in [2.45, 2.75) is 39.7 Å². The maximum absolute atomic E-state index is 5.34. The first-order valence-corrected chi connectivity index (χ1v) is 8.58. The van der Waals surface area contributed by atoms with Crippen LogP contribution in [0.3, 0.4) is 0 Å². The van der Waals surface area contributed by atoms with E-state index in [1.807, 2.05) is 0 Å². The lowest BCUT2D eigenvalue weighted by Gasteiger charge is -2.21. The van der Waals surface area contributed by atoms with Gasteiger partial charge in [-0.25, -0.2) is 0 Å². The van der Waals surface area contributed by atoms with Gasteiger partial charge in [0.2, 0.25) is 0 Å². The zero-order chi connectivity index (χ0) is 15.2. The highest BCUT2D eigenvalue weighted by molar-refractivity contribution is 7.10. The van der Waals surface area contributed by atoms with Gasteiger partial charge in [0.15, 0.2) is 0 Å². The van der Waals surface area contributed by atoms with Gasteiger partial charge >= 0.3 is 0 Å². The molecule has 0 aliphatic carbocycles. The molecule has 0 aliphatic heterocycles. The number of hydrogen-bond donors (Lipinski definition) is 1. The van der Waals surface area contributed by atoms with Crippen LogP contribution in [0.1, 0.15) is 48.4 Å². The number of nitrogens with one attached hydrogen (secondary N) is 1. The third-order valence-electron chi connectivity index (χ3n) is 3.83. The molecule has 0 spiro atoms. The van der Waals surface area contributed by atoms with Crippen LogP contribution < -0.4 is 10.1 Å². The number of rotatable bonds is 7. The lowest BCUT2D eigenvalue weighted by molar-refractivity contribution is 0.416. The van der Waals surface area contributed by atoms with E-state index in [4.69, 9.17) is 4.74 Å². The minimum absolute atomic E-state index is 0.255. The predicted molar refractivity (Wildman–Crippen MR) is 91.6 cm³/mol. The first-order valence-electron chi connectivity index (χ1n) is 7.70. The van der Waals surface area contributed by atoms with E-state index in [1.165, 1.54) is 21.6 Å². The zero-order valence-electron chi connectivity index (χ0n) is 13.4. The fraction of sp³-hybridized carbons (Fsp3) is 0.444. The minimum atomic E-state index is 0.255. The molecule has 0 amide bonds. The van der Waals surface area contributed by atoms with Crippen LogP contribution in [0.5, 0.6) is 5.75 Å². The predicted octanol–water partition coefficient (Wildman–Crippen LogP) is 4.58. The molecule has 1 atom stereocenters. The average Bonchev–Trinajstić information content (AvgIpc) is 3.00. The Morgan fingerprint density at radius 1 is 1.14 bits per heavy atom. The quantitative estimate of drug-likeness (QED) is 0.808. The molecule has 2 aromatic rings. The Bertz CT molecular complexity index is 576. The third-order valence-corrected chi connectivity index (χ3v) is 4.81. The van der Waals surface area contributed by atoms with E-state index < -0.39 is 0 Å². The summed E-state index contributed by atoms with van der Waals surface area (Å²) < 4.78 is 5.34. The molecule has 114 valence electrons. The topological polar surface area (TPSA) is 21.3 Å². The smallest absolute Gasteiger partial charge is 0.129 e. The Balaban J connectivity index is 2.45. The molecule has 1 aromatic carbocycles. The molecular weight excluding hydrogens is 278 g/mol. The molecule has 2 rings (SSSR count). The van der Waals surface area contributed by atoms with E-state index >= 15 is 0 Å². The molecule has 1 unspecified atom stereocenters. The number of thiophene rings is 1. The summed E-state index contributed by atoms with van der Waals surface area (Å²) in [7, 11) is 1.73. The molecule has 0 radical (unpaired) electrons. The van der Waals surface area contributed by atoms with Crippen molar-refractivity contribution in [2.75, 3.05) is 13.7 Å². The molecule has 1 heterocycles. The Morgan fingerprint density at radius 2 is 1.95 bits per heavy atom. The largest absolute Gasteiger partial charge is 0.496 e. The van der Waals surface area contributed by atoms with Crippen molar-refractivity contribution in [1.82, 2.24) is 5.32 Å². The summed E-state index contributed by atoms with van der Waals surface area (Å²) in [5, 5.41) is 5.71. The summed E-state index contributed by atoms with van der Waals surface area (Å²) in [6.07, 6.45) is 2.13. The van der Waals surface area contributed by atoms with Crippen LogP contribution in [-0.4, -0.2) is 13.7 Å². The van der Waals surface area contributed by atoms with Gasteiger partial charge in [-0.3, -0.25) is 0 Å². The normalized spacial score (nSPS) is 12.4. The highest BCUT2D eigenvalue weighted by Crippen LogP contribution is 2.33. The van der Waals surface area contributed by atoms with E-state index in [0.717, 1.165) is 25.1 Å². The fourth-order valence-corrected chi connectivity index (χ4v) is 3.56. The van der Waals surface area contributed by atoms with E-state index in [2.05, 4.69) is 55.7 Å². The molecule has 2 nitrogen and oxygen atoms in total. The fourth-order valence-electron chi connectivity index (χ4n) is 2.62. The lowest BCUT2D eigenvalue weighted by Crippen LogP contribution is -2.22. The highest BCUT2D eigenvalue weighted by atomic mass is 32.1. The van der Waals surface area contributed by atoms with Crippen LogP contribution in [-0.2, 0) is 12.8 Å². The van der Waals surface area contributed by atoms with Gasteiger partial charge in [0.05, 0.1) is 13.2 Å². The summed E-state index contributed by atoms with van der Waals surface area (Å²) in [5.41, 5.74) is 4.22. The average molecular weight is 303 g/mol. The molecule has 1 N–H and O–H groups in total. The summed E-state index contributed by atoms with van der Waals surface area (Å²) in [5.74, 6) is 0.947. The molecule has 21 heavy (non-hydrogen) atoms. The van der Waals surface area contributed by atoms with Crippen molar-refractivity contribution >= 4 is 11.3 Å². The van der Waals surface area contributed by atoms with Crippen LogP contribution in [0.25, 0.3) is 0 Å². The van der Waals surface area contributed by atoms with Crippen molar-refractivity contribution in [3.8, 4) is 5.75 Å². The number of ether oxygens (including phenoxy) is 1. The van der Waals surface area contributed by atoms with E-state index in [-0.39, 0.29) is 6.04 Å². The number of methoxy groups -OCH3 is 1. The van der Waals surface area contributed by atoms with Gasteiger partial charge in [0, 0.05) is 10.3 Å². The molecule has 0 aliphatic rings. The summed E-state index contributed by atoms with van der Waals surface area (Å²) in [4.78, 5) is 1.32. The van der Waals surface area contributed by atoms with Crippen molar-refractivity contribution in [3.05, 3.63) is 51.2 Å². The van der Waals surface area contributed by atoms with E-state index in [1.54, 1.807) is 18.4 Å². The van der Waals surface area contributed by atoms with Gasteiger partial charge in [-0.2, -0.15) is 0 Å². The van der Waals surface area contributed by atoms with Crippen molar-refractivity contribution in [1.29, 1.82) is 0 Å². The van der Waals surface area contributed by atoms with Crippen molar-refractivity contribution < 1.29 is 4.74 Å². The second kappa shape index (κ2) is 7.62. The number of aryl methyl sites for hydroxylation is 2. The first-order chi connectivity index (χ1) is 10.2. The molecular formula is C18H25NOS. The molecule has 0 saturated carbocycles. The lowest BCUT2D eigenvalue weighted by atomic mass is 9.94. The van der Waals surface area contributed by atoms with Crippen LogP contribution in [0.4, 0.5) is 0 Å². The maximum Gasteiger partial charge on any atom is 0.129 e. The van der Waals surface area contributed by atoms with Crippen LogP contribution >= 0.6 is 11.3 Å². The molecule has 1 aromatic heterocycles. The van der Waals surface area contributed by atoms with E-state index in [0.29, 0.717) is 0 Å². The Labute approximate surface area is 132 Å². The second-order valence-corrected chi connectivity index (χ2v) is 6.06. The maximum atomic E-state index is 5.34.